The molecule has 31 heteroatoms. The number of aliphatic hydroxyl groups is 5. The number of cyclic esters (lactones) is 1. The maximum absolute atomic E-state index is 16.0. The molecule has 1 aliphatic carbocycles. The molecule has 12 rings (SSSR count). The lowest BCUT2D eigenvalue weighted by Gasteiger charge is -2.62. The zero-order valence-corrected chi connectivity index (χ0v) is 38.0. The molecule has 11 bridgehead atoms. The topological polar surface area (TPSA) is 501 Å². The van der Waals surface area contributed by atoms with Crippen molar-refractivity contribution in [3.63, 3.8) is 0 Å². The van der Waals surface area contributed by atoms with Crippen LogP contribution in [0.25, 0.3) is 11.1 Å². The molecule has 1 saturated carbocycles. The minimum Gasteiger partial charge on any atom is -0.504 e. The van der Waals surface area contributed by atoms with Crippen molar-refractivity contribution in [2.45, 2.75) is 84.5 Å². The van der Waals surface area contributed by atoms with Crippen molar-refractivity contribution < 1.29 is 153 Å². The Morgan fingerprint density at radius 1 is 0.623 bits per heavy atom. The van der Waals surface area contributed by atoms with Gasteiger partial charge < -0.3 is 129 Å². The number of aliphatic hydroxyl groups excluding tert-OH is 2. The number of fused-ring (bicyclic) bond motifs is 7. The molecule has 16 N–H and O–H groups in total. The van der Waals surface area contributed by atoms with Crippen molar-refractivity contribution in [3.8, 4) is 80.1 Å². The lowest BCUT2D eigenvalue weighted by atomic mass is 9.53. The summed E-state index contributed by atoms with van der Waals surface area (Å²) in [5.74, 6) is -41.4. The number of benzene rings is 4. The van der Waals surface area contributed by atoms with Crippen LogP contribution in [0.1, 0.15) is 59.3 Å². The predicted molar refractivity (Wildman–Crippen MR) is 228 cm³/mol. The van der Waals surface area contributed by atoms with E-state index < -0.39 is 241 Å². The summed E-state index contributed by atoms with van der Waals surface area (Å²) < 4.78 is 58.2. The van der Waals surface area contributed by atoms with Gasteiger partial charge in [0.25, 0.3) is 0 Å². The van der Waals surface area contributed by atoms with Gasteiger partial charge in [-0.1, -0.05) is 0 Å². The number of phenols is 11. The standard InChI is InChI=1S/C46H36O31/c47-14-1-9(2-15(48)24(14)54)35(60)74-39-32-31-29(19(70-39)7-68-36(61)13-3-10(22(52)28(58)23(13)53)20-11(37(62)71-31)4-16(49)25(55)27(20)57)73-41(64)42-8-43(65)46(67)45(66,76-40(42)44(77-43)34(59)18(51)6-69-44)33(42)21-12(38(63)72-32)5-17(50)26(56)30(21)75-46/h1-5,18-19,29,31-34,39-40,47-59,65-67H,6-8H2/t18-,19-,29-,31+,32-,33-,34+,39+,40-,42-,43-,44-,45+,46+/m1/s1. The average Bonchev–Trinajstić information content (AvgIpc) is 3.55. The van der Waals surface area contributed by atoms with E-state index in [2.05, 4.69) is 0 Å². The van der Waals surface area contributed by atoms with Crippen molar-refractivity contribution in [2.24, 2.45) is 5.41 Å². The fourth-order valence-corrected chi connectivity index (χ4v) is 11.5. The summed E-state index contributed by atoms with van der Waals surface area (Å²) in [6, 6.07) is 2.45. The summed E-state index contributed by atoms with van der Waals surface area (Å²) in [7, 11) is 0. The Labute approximate surface area is 423 Å². The summed E-state index contributed by atoms with van der Waals surface area (Å²) in [6.07, 6.45) is -21.1. The summed E-state index contributed by atoms with van der Waals surface area (Å²) in [4.78, 5) is 74.1. The lowest BCUT2D eigenvalue weighted by molar-refractivity contribution is -0.490. The Kier molecular flexibility index (Phi) is 9.96. The zero-order valence-electron chi connectivity index (χ0n) is 38.0. The van der Waals surface area contributed by atoms with E-state index in [4.69, 9.17) is 47.4 Å². The maximum Gasteiger partial charge on any atom is 0.342 e. The van der Waals surface area contributed by atoms with Gasteiger partial charge in [-0.05, 0) is 30.3 Å². The van der Waals surface area contributed by atoms with Crippen LogP contribution < -0.4 is 4.74 Å². The van der Waals surface area contributed by atoms with Gasteiger partial charge in [-0.3, -0.25) is 4.79 Å². The Balaban J connectivity index is 1.12. The number of esters is 5. The van der Waals surface area contributed by atoms with E-state index in [1.807, 2.05) is 0 Å². The van der Waals surface area contributed by atoms with Crippen LogP contribution in [-0.4, -0.2) is 197 Å². The van der Waals surface area contributed by atoms with Crippen molar-refractivity contribution in [1.29, 1.82) is 0 Å². The first kappa shape index (κ1) is 49.4. The molecule has 406 valence electrons. The molecule has 4 saturated heterocycles. The van der Waals surface area contributed by atoms with E-state index in [0.29, 0.717) is 30.3 Å². The number of carbonyl (C=O) groups excluding carboxylic acids is 5. The molecule has 5 fully saturated rings. The third-order valence-electron chi connectivity index (χ3n) is 15.0. The van der Waals surface area contributed by atoms with Gasteiger partial charge in [-0.25, -0.2) is 19.2 Å². The summed E-state index contributed by atoms with van der Waals surface area (Å²) >= 11 is 0. The van der Waals surface area contributed by atoms with Crippen molar-refractivity contribution in [3.05, 3.63) is 58.1 Å². The van der Waals surface area contributed by atoms with Crippen LogP contribution in [-0.2, 0) is 47.4 Å². The predicted octanol–water partition coefficient (Wildman–Crippen LogP) is -2.65. The smallest absolute Gasteiger partial charge is 0.342 e. The number of aromatic hydroxyl groups is 11. The van der Waals surface area contributed by atoms with Gasteiger partial charge in [0, 0.05) is 23.1 Å². The number of carbonyl (C=O) groups is 5. The normalized spacial score (nSPS) is 36.1. The van der Waals surface area contributed by atoms with Crippen LogP contribution in [0.15, 0.2) is 30.3 Å². The highest BCUT2D eigenvalue weighted by molar-refractivity contribution is 6.05. The molecular formula is C46H36O31. The Bertz CT molecular complexity index is 3370. The number of ether oxygens (including phenoxy) is 10. The molecule has 2 spiro atoms. The van der Waals surface area contributed by atoms with Crippen LogP contribution in [0.5, 0.6) is 69.0 Å². The minimum atomic E-state index is -3.82. The first-order chi connectivity index (χ1) is 36.1. The Hall–Kier alpha value is -8.53. The molecule has 0 radical (unpaired) electrons. The first-order valence-corrected chi connectivity index (χ1v) is 22.4. The van der Waals surface area contributed by atoms with E-state index in [-0.39, 0.29) is 0 Å². The second-order valence-corrected chi connectivity index (χ2v) is 19.1. The van der Waals surface area contributed by atoms with Crippen LogP contribution in [0.2, 0.25) is 0 Å². The lowest BCUT2D eigenvalue weighted by Crippen LogP contribution is -2.83. The fraction of sp³-hybridized carbons (Fsp3) is 0.370. The second-order valence-electron chi connectivity index (χ2n) is 19.1. The summed E-state index contributed by atoms with van der Waals surface area (Å²) in [6.45, 7) is -2.25. The summed E-state index contributed by atoms with van der Waals surface area (Å²) in [5, 5.41) is 179. The molecule has 0 amide bonds. The van der Waals surface area contributed by atoms with Crippen LogP contribution in [0.3, 0.4) is 0 Å². The number of hydrogen-bond donors (Lipinski definition) is 16. The highest BCUT2D eigenvalue weighted by Gasteiger charge is 2.95. The monoisotopic (exact) mass is 1080 g/mol. The number of rotatable bonds is 2. The highest BCUT2D eigenvalue weighted by atomic mass is 16.9. The molecule has 31 nitrogen and oxygen atoms in total. The highest BCUT2D eigenvalue weighted by Crippen LogP contribution is 2.77. The van der Waals surface area contributed by atoms with Gasteiger partial charge in [0.15, 0.2) is 64.0 Å². The largest absolute Gasteiger partial charge is 0.504 e. The van der Waals surface area contributed by atoms with E-state index in [9.17, 15) is 96.1 Å². The van der Waals surface area contributed by atoms with Gasteiger partial charge in [0.05, 0.1) is 29.2 Å². The zero-order chi connectivity index (χ0) is 55.3. The van der Waals surface area contributed by atoms with Gasteiger partial charge >= 0.3 is 35.6 Å². The quantitative estimate of drug-likeness (QED) is 0.0554. The van der Waals surface area contributed by atoms with E-state index >= 15 is 9.59 Å². The second kappa shape index (κ2) is 15.5. The molecule has 8 aliphatic rings. The van der Waals surface area contributed by atoms with E-state index in [1.54, 1.807) is 0 Å². The van der Waals surface area contributed by atoms with Crippen molar-refractivity contribution in [1.82, 2.24) is 0 Å². The molecule has 4 aromatic rings. The SMILES string of the molecule is O=C(O[C@@H]1O[C@@H]2COC(=O)c3cc(c(O)c(O)c3O)-c3c(cc(O)c(O)c3O)C(=O)O[C@@H]3[C@H]1OC(=O)c1cc(O)c(O)c4c1[C@@H]1[C@@]5(C[C@@]6(O)O[C@@]7(OC[C@@H](O)[C@@H]7O)[C@@H]5O[C@]1(O)[C@@]6(O)O4)C(=O)O[C@@H]32)c1cc(O)c(O)c(O)c1. The molecule has 0 unspecified atom stereocenters. The van der Waals surface area contributed by atoms with E-state index in [1.165, 1.54) is 0 Å². The van der Waals surface area contributed by atoms with Crippen LogP contribution in [0, 0.1) is 5.41 Å². The van der Waals surface area contributed by atoms with E-state index in [0.717, 1.165) is 0 Å². The van der Waals surface area contributed by atoms with Gasteiger partial charge in [0.1, 0.15) is 42.0 Å². The van der Waals surface area contributed by atoms with Gasteiger partial charge in [-0.2, -0.15) is 0 Å². The third kappa shape index (κ3) is 6.06. The maximum atomic E-state index is 16.0. The number of hydrogen-bond acceptors (Lipinski definition) is 31. The molecule has 0 aromatic heterocycles. The molecule has 7 heterocycles. The molecule has 4 aromatic carbocycles. The summed E-state index contributed by atoms with van der Waals surface area (Å²) in [5.41, 5.74) is -10.2. The van der Waals surface area contributed by atoms with Crippen molar-refractivity contribution >= 4 is 29.8 Å². The van der Waals surface area contributed by atoms with Crippen LogP contribution in [0.4, 0.5) is 0 Å². The van der Waals surface area contributed by atoms with Crippen LogP contribution >= 0.6 is 0 Å². The Morgan fingerprint density at radius 3 is 1.92 bits per heavy atom. The molecule has 7 aliphatic heterocycles. The first-order valence-electron chi connectivity index (χ1n) is 22.4. The molecule has 14 atom stereocenters. The Morgan fingerprint density at radius 2 is 1.25 bits per heavy atom. The third-order valence-corrected chi connectivity index (χ3v) is 15.0. The van der Waals surface area contributed by atoms with Crippen molar-refractivity contribution in [2.75, 3.05) is 13.2 Å². The fourth-order valence-electron chi connectivity index (χ4n) is 11.5. The average molecular weight is 1080 g/mol. The van der Waals surface area contributed by atoms with Gasteiger partial charge in [0.2, 0.25) is 47.0 Å². The molecular weight excluding hydrogens is 1050 g/mol. The van der Waals surface area contributed by atoms with Gasteiger partial charge in [-0.15, -0.1) is 0 Å². The number of phenolic OH excluding ortho intramolecular Hbond substituents is 11. The minimum absolute atomic E-state index is 0.381. The molecule has 77 heavy (non-hydrogen) atoms.